The smallest absolute Gasteiger partial charge is 0.123 e. The average Bonchev–Trinajstić information content (AvgIpc) is 2.45. The SMILES string of the molecule is CCCCCCCCSc1cc(C(C)(C)C)c(O)c(C(C)(C)C)c1. The van der Waals surface area contributed by atoms with Crippen LogP contribution in [0.1, 0.15) is 98.1 Å². The summed E-state index contributed by atoms with van der Waals surface area (Å²) in [6, 6.07) is 4.40. The Labute approximate surface area is 154 Å². The van der Waals surface area contributed by atoms with Crippen LogP contribution in [-0.4, -0.2) is 10.9 Å². The molecule has 0 radical (unpaired) electrons. The quantitative estimate of drug-likeness (QED) is 0.388. The molecule has 0 bridgehead atoms. The van der Waals surface area contributed by atoms with E-state index >= 15 is 0 Å². The summed E-state index contributed by atoms with van der Waals surface area (Å²) < 4.78 is 0. The topological polar surface area (TPSA) is 20.2 Å². The van der Waals surface area contributed by atoms with Crippen LogP contribution in [0.2, 0.25) is 0 Å². The van der Waals surface area contributed by atoms with Gasteiger partial charge < -0.3 is 5.11 Å². The molecule has 0 fully saturated rings. The summed E-state index contributed by atoms with van der Waals surface area (Å²) >= 11 is 1.94. The number of thioether (sulfide) groups is 1. The molecule has 0 amide bonds. The van der Waals surface area contributed by atoms with Crippen molar-refractivity contribution in [3.05, 3.63) is 23.3 Å². The highest BCUT2D eigenvalue weighted by atomic mass is 32.2. The van der Waals surface area contributed by atoms with Crippen molar-refractivity contribution < 1.29 is 5.11 Å². The first-order chi connectivity index (χ1) is 11.1. The summed E-state index contributed by atoms with van der Waals surface area (Å²) in [6.07, 6.45) is 8.05. The van der Waals surface area contributed by atoms with E-state index in [-0.39, 0.29) is 10.8 Å². The van der Waals surface area contributed by atoms with E-state index in [4.69, 9.17) is 0 Å². The molecule has 1 aromatic carbocycles. The first kappa shape index (κ1) is 21.4. The van der Waals surface area contributed by atoms with Gasteiger partial charge in [0.15, 0.2) is 0 Å². The van der Waals surface area contributed by atoms with E-state index in [1.807, 2.05) is 11.8 Å². The number of aromatic hydroxyl groups is 1. The molecule has 0 atom stereocenters. The second-order valence-electron chi connectivity index (χ2n) is 8.98. The highest BCUT2D eigenvalue weighted by molar-refractivity contribution is 7.99. The second kappa shape index (κ2) is 9.17. The van der Waals surface area contributed by atoms with Crippen molar-refractivity contribution in [2.24, 2.45) is 0 Å². The monoisotopic (exact) mass is 350 g/mol. The lowest BCUT2D eigenvalue weighted by atomic mass is 9.79. The van der Waals surface area contributed by atoms with Gasteiger partial charge in [-0.15, -0.1) is 11.8 Å². The van der Waals surface area contributed by atoms with E-state index in [2.05, 4.69) is 60.6 Å². The lowest BCUT2D eigenvalue weighted by Gasteiger charge is -2.28. The molecule has 1 N–H and O–H groups in total. The summed E-state index contributed by atoms with van der Waals surface area (Å²) in [4.78, 5) is 1.30. The number of phenolic OH excluding ortho intramolecular Hbond substituents is 1. The van der Waals surface area contributed by atoms with E-state index in [0.717, 1.165) is 11.1 Å². The Morgan fingerprint density at radius 1 is 0.792 bits per heavy atom. The number of hydrogen-bond acceptors (Lipinski definition) is 2. The van der Waals surface area contributed by atoms with Crippen molar-refractivity contribution >= 4 is 11.8 Å². The second-order valence-corrected chi connectivity index (χ2v) is 10.2. The van der Waals surface area contributed by atoms with Gasteiger partial charge in [0.2, 0.25) is 0 Å². The van der Waals surface area contributed by atoms with Gasteiger partial charge in [-0.1, -0.05) is 80.6 Å². The highest BCUT2D eigenvalue weighted by Crippen LogP contribution is 2.41. The predicted molar refractivity (Wildman–Crippen MR) is 110 cm³/mol. The van der Waals surface area contributed by atoms with Crippen molar-refractivity contribution in [1.82, 2.24) is 0 Å². The van der Waals surface area contributed by atoms with E-state index in [9.17, 15) is 5.11 Å². The summed E-state index contributed by atoms with van der Waals surface area (Å²) in [5.41, 5.74) is 2.06. The molecule has 0 aromatic heterocycles. The van der Waals surface area contributed by atoms with E-state index in [1.165, 1.54) is 49.2 Å². The number of benzene rings is 1. The minimum Gasteiger partial charge on any atom is -0.507 e. The van der Waals surface area contributed by atoms with Gasteiger partial charge in [0, 0.05) is 16.0 Å². The third-order valence-corrected chi connectivity index (χ3v) is 5.53. The van der Waals surface area contributed by atoms with Crippen molar-refractivity contribution in [1.29, 1.82) is 0 Å². The van der Waals surface area contributed by atoms with Gasteiger partial charge in [0.05, 0.1) is 0 Å². The first-order valence-electron chi connectivity index (χ1n) is 9.58. The van der Waals surface area contributed by atoms with Crippen molar-refractivity contribution in [3.63, 3.8) is 0 Å². The van der Waals surface area contributed by atoms with E-state index in [0.29, 0.717) is 5.75 Å². The average molecular weight is 351 g/mol. The van der Waals surface area contributed by atoms with Crippen LogP contribution in [0.25, 0.3) is 0 Å². The molecule has 0 aliphatic carbocycles. The molecule has 1 nitrogen and oxygen atoms in total. The van der Waals surface area contributed by atoms with Crippen LogP contribution in [0, 0.1) is 0 Å². The lowest BCUT2D eigenvalue weighted by Crippen LogP contribution is -2.17. The molecule has 0 unspecified atom stereocenters. The maximum absolute atomic E-state index is 10.8. The van der Waals surface area contributed by atoms with Gasteiger partial charge in [-0.25, -0.2) is 0 Å². The largest absolute Gasteiger partial charge is 0.507 e. The Bertz CT molecular complexity index is 471. The zero-order valence-electron chi connectivity index (χ0n) is 17.0. The van der Waals surface area contributed by atoms with Crippen LogP contribution in [-0.2, 0) is 10.8 Å². The van der Waals surface area contributed by atoms with Gasteiger partial charge in [-0.3, -0.25) is 0 Å². The normalized spacial score (nSPS) is 12.6. The standard InChI is InChI=1S/C22H38OS/c1-8-9-10-11-12-13-14-24-17-15-18(21(2,3)4)20(23)19(16-17)22(5,6)7/h15-16,23H,8-14H2,1-7H3. The van der Waals surface area contributed by atoms with Crippen molar-refractivity contribution in [2.75, 3.05) is 5.75 Å². The fraction of sp³-hybridized carbons (Fsp3) is 0.727. The molecular formula is C22H38OS. The summed E-state index contributed by atoms with van der Waals surface area (Å²) in [5, 5.41) is 10.8. The molecule has 138 valence electrons. The molecular weight excluding hydrogens is 312 g/mol. The fourth-order valence-electron chi connectivity index (χ4n) is 2.91. The number of rotatable bonds is 8. The predicted octanol–water partition coefficient (Wildman–Crippen LogP) is 7.44. The summed E-state index contributed by atoms with van der Waals surface area (Å²) in [7, 11) is 0. The van der Waals surface area contributed by atoms with Gasteiger partial charge in [-0.2, -0.15) is 0 Å². The van der Waals surface area contributed by atoms with E-state index in [1.54, 1.807) is 0 Å². The molecule has 0 spiro atoms. The highest BCUT2D eigenvalue weighted by Gasteiger charge is 2.26. The number of hydrogen-bond donors (Lipinski definition) is 1. The third-order valence-electron chi connectivity index (χ3n) is 4.47. The number of unbranched alkanes of at least 4 members (excludes halogenated alkanes) is 5. The minimum absolute atomic E-state index is 0.0409. The van der Waals surface area contributed by atoms with Crippen molar-refractivity contribution in [3.8, 4) is 5.75 Å². The molecule has 2 heteroatoms. The molecule has 0 aliphatic rings. The summed E-state index contributed by atoms with van der Waals surface area (Å²) in [6.45, 7) is 15.3. The molecule has 1 aromatic rings. The summed E-state index contributed by atoms with van der Waals surface area (Å²) in [5.74, 6) is 1.66. The minimum atomic E-state index is -0.0409. The maximum Gasteiger partial charge on any atom is 0.123 e. The Kier molecular flexibility index (Phi) is 8.19. The number of phenols is 1. The van der Waals surface area contributed by atoms with Gasteiger partial charge >= 0.3 is 0 Å². The fourth-order valence-corrected chi connectivity index (χ4v) is 3.89. The zero-order valence-corrected chi connectivity index (χ0v) is 17.8. The molecule has 0 aliphatic heterocycles. The van der Waals surface area contributed by atoms with Crippen LogP contribution in [0.3, 0.4) is 0 Å². The van der Waals surface area contributed by atoms with Crippen LogP contribution in [0.15, 0.2) is 17.0 Å². The maximum atomic E-state index is 10.8. The van der Waals surface area contributed by atoms with Crippen LogP contribution < -0.4 is 0 Å². The van der Waals surface area contributed by atoms with Crippen molar-refractivity contribution in [2.45, 2.75) is 103 Å². The van der Waals surface area contributed by atoms with Gasteiger partial charge in [0.25, 0.3) is 0 Å². The molecule has 24 heavy (non-hydrogen) atoms. The van der Waals surface area contributed by atoms with Crippen LogP contribution in [0.5, 0.6) is 5.75 Å². The van der Waals surface area contributed by atoms with Crippen LogP contribution in [0.4, 0.5) is 0 Å². The van der Waals surface area contributed by atoms with Crippen LogP contribution >= 0.6 is 11.8 Å². The zero-order chi connectivity index (χ0) is 18.4. The van der Waals surface area contributed by atoms with E-state index < -0.39 is 0 Å². The Balaban J connectivity index is 2.80. The molecule has 1 rings (SSSR count). The Hall–Kier alpha value is -0.630. The Morgan fingerprint density at radius 3 is 1.71 bits per heavy atom. The third kappa shape index (κ3) is 6.70. The molecule has 0 saturated carbocycles. The van der Waals surface area contributed by atoms with Gasteiger partial charge in [-0.05, 0) is 35.1 Å². The molecule has 0 heterocycles. The van der Waals surface area contributed by atoms with Gasteiger partial charge in [0.1, 0.15) is 5.75 Å². The Morgan fingerprint density at radius 2 is 1.25 bits per heavy atom. The first-order valence-corrected chi connectivity index (χ1v) is 10.6. The lowest BCUT2D eigenvalue weighted by molar-refractivity contribution is 0.422. The molecule has 0 saturated heterocycles.